The molecule has 7 heteroatoms. The minimum absolute atomic E-state index is 0.0772. The van der Waals surface area contributed by atoms with E-state index in [1.54, 1.807) is 20.8 Å². The minimum Gasteiger partial charge on any atom is -0.458 e. The van der Waals surface area contributed by atoms with Gasteiger partial charge in [-0.15, -0.1) is 0 Å². The summed E-state index contributed by atoms with van der Waals surface area (Å²) in [4.78, 5) is 39.1. The first-order valence-corrected chi connectivity index (χ1v) is 13.6. The molecule has 2 aromatic rings. The lowest BCUT2D eigenvalue weighted by atomic mass is 9.97. The first kappa shape index (κ1) is 29.2. The van der Waals surface area contributed by atoms with Crippen LogP contribution in [0.4, 0.5) is 4.79 Å². The molecule has 2 N–H and O–H groups in total. The Labute approximate surface area is 226 Å². The summed E-state index contributed by atoms with van der Waals surface area (Å²) in [6.45, 7) is 13.3. The third-order valence-corrected chi connectivity index (χ3v) is 6.83. The van der Waals surface area contributed by atoms with Crippen LogP contribution in [0.25, 0.3) is 11.1 Å². The fourth-order valence-corrected chi connectivity index (χ4v) is 4.79. The molecular formula is C31H42N2O5. The third-order valence-electron chi connectivity index (χ3n) is 6.83. The topological polar surface area (TPSA) is 93.7 Å². The van der Waals surface area contributed by atoms with Crippen molar-refractivity contribution in [1.29, 1.82) is 0 Å². The molecule has 0 aliphatic heterocycles. The van der Waals surface area contributed by atoms with Crippen LogP contribution in [-0.4, -0.2) is 42.3 Å². The molecule has 1 aliphatic carbocycles. The maximum atomic E-state index is 13.3. The van der Waals surface area contributed by atoms with E-state index in [-0.39, 0.29) is 24.4 Å². The zero-order valence-electron chi connectivity index (χ0n) is 23.7. The van der Waals surface area contributed by atoms with E-state index >= 15 is 0 Å². The fraction of sp³-hybridized carbons (Fsp3) is 0.516. The van der Waals surface area contributed by atoms with Crippen LogP contribution in [0.1, 0.15) is 78.4 Å². The molecule has 0 bridgehead atoms. The number of carbonyl (C=O) groups is 3. The van der Waals surface area contributed by atoms with Crippen molar-refractivity contribution >= 4 is 18.0 Å². The van der Waals surface area contributed by atoms with E-state index in [4.69, 9.17) is 9.47 Å². The molecule has 0 aromatic heterocycles. The van der Waals surface area contributed by atoms with Gasteiger partial charge < -0.3 is 20.1 Å². The van der Waals surface area contributed by atoms with E-state index < -0.39 is 35.7 Å². The quantitative estimate of drug-likeness (QED) is 0.384. The van der Waals surface area contributed by atoms with Gasteiger partial charge in [-0.2, -0.15) is 0 Å². The molecule has 0 heterocycles. The van der Waals surface area contributed by atoms with Gasteiger partial charge in [0.2, 0.25) is 5.91 Å². The van der Waals surface area contributed by atoms with E-state index in [2.05, 4.69) is 34.9 Å². The van der Waals surface area contributed by atoms with Gasteiger partial charge in [-0.3, -0.25) is 4.79 Å². The van der Waals surface area contributed by atoms with E-state index in [1.807, 2.05) is 52.0 Å². The first-order chi connectivity index (χ1) is 17.9. The van der Waals surface area contributed by atoms with E-state index in [0.29, 0.717) is 12.8 Å². The zero-order chi connectivity index (χ0) is 28.0. The Kier molecular flexibility index (Phi) is 9.58. The zero-order valence-corrected chi connectivity index (χ0v) is 23.7. The van der Waals surface area contributed by atoms with Crippen molar-refractivity contribution in [2.75, 3.05) is 6.61 Å². The highest BCUT2D eigenvalue weighted by molar-refractivity contribution is 5.90. The number of benzene rings is 2. The van der Waals surface area contributed by atoms with Gasteiger partial charge in [0.1, 0.15) is 24.3 Å². The highest BCUT2D eigenvalue weighted by Crippen LogP contribution is 2.44. The number of amides is 2. The molecule has 7 nitrogen and oxygen atoms in total. The summed E-state index contributed by atoms with van der Waals surface area (Å²) in [6, 6.07) is 14.6. The van der Waals surface area contributed by atoms with Crippen molar-refractivity contribution in [3.8, 4) is 11.1 Å². The smallest absolute Gasteiger partial charge is 0.407 e. The minimum atomic E-state index is -0.854. The third kappa shape index (κ3) is 7.36. The molecule has 2 aromatic carbocycles. The number of ether oxygens (including phenoxy) is 2. The van der Waals surface area contributed by atoms with Gasteiger partial charge in [-0.25, -0.2) is 9.59 Å². The average molecular weight is 523 g/mol. The Balaban J connectivity index is 1.69. The van der Waals surface area contributed by atoms with Crippen molar-refractivity contribution in [3.05, 3.63) is 59.7 Å². The van der Waals surface area contributed by atoms with Gasteiger partial charge in [-0.05, 0) is 61.3 Å². The van der Waals surface area contributed by atoms with Crippen molar-refractivity contribution in [2.24, 2.45) is 11.8 Å². The fourth-order valence-electron chi connectivity index (χ4n) is 4.79. The summed E-state index contributed by atoms with van der Waals surface area (Å²) < 4.78 is 11.2. The highest BCUT2D eigenvalue weighted by Gasteiger charge is 2.34. The molecule has 0 spiro atoms. The lowest BCUT2D eigenvalue weighted by molar-refractivity contribution is -0.159. The van der Waals surface area contributed by atoms with Gasteiger partial charge in [0.05, 0.1) is 0 Å². The van der Waals surface area contributed by atoms with Crippen molar-refractivity contribution in [2.45, 2.75) is 84.9 Å². The number of rotatable bonds is 10. The van der Waals surface area contributed by atoms with Crippen LogP contribution in [0.15, 0.2) is 48.5 Å². The molecule has 0 fully saturated rings. The van der Waals surface area contributed by atoms with Crippen LogP contribution < -0.4 is 10.6 Å². The second-order valence-corrected chi connectivity index (χ2v) is 11.6. The maximum Gasteiger partial charge on any atom is 0.407 e. The molecular weight excluding hydrogens is 480 g/mol. The molecule has 1 aliphatic rings. The SMILES string of the molecule is CC[C@H](C)[C@H](NC(=O)OCC1c2ccccc2-c2ccccc21)C(=O)N[C@@H](CC(C)C)C(=O)OC(C)(C)C. The Morgan fingerprint density at radius 2 is 1.45 bits per heavy atom. The van der Waals surface area contributed by atoms with Crippen molar-refractivity contribution in [3.63, 3.8) is 0 Å². The number of esters is 1. The van der Waals surface area contributed by atoms with Gasteiger partial charge in [0.15, 0.2) is 0 Å². The van der Waals surface area contributed by atoms with Crippen molar-refractivity contribution in [1.82, 2.24) is 10.6 Å². The molecule has 2 amide bonds. The summed E-state index contributed by atoms with van der Waals surface area (Å²) in [5, 5.41) is 5.59. The van der Waals surface area contributed by atoms with E-state index in [9.17, 15) is 14.4 Å². The largest absolute Gasteiger partial charge is 0.458 e. The van der Waals surface area contributed by atoms with Crippen molar-refractivity contribution < 1.29 is 23.9 Å². The summed E-state index contributed by atoms with van der Waals surface area (Å²) >= 11 is 0. The summed E-state index contributed by atoms with van der Waals surface area (Å²) in [7, 11) is 0. The Morgan fingerprint density at radius 1 is 0.895 bits per heavy atom. The van der Waals surface area contributed by atoms with Crippen LogP contribution in [0.5, 0.6) is 0 Å². The molecule has 0 unspecified atom stereocenters. The number of nitrogens with one attached hydrogen (secondary N) is 2. The number of fused-ring (bicyclic) bond motifs is 3. The number of hydrogen-bond acceptors (Lipinski definition) is 5. The molecule has 0 saturated carbocycles. The summed E-state index contributed by atoms with van der Waals surface area (Å²) in [5.41, 5.74) is 3.85. The van der Waals surface area contributed by atoms with Crippen LogP contribution in [0.3, 0.4) is 0 Å². The Bertz CT molecular complexity index is 1090. The van der Waals surface area contributed by atoms with E-state index in [1.165, 1.54) is 0 Å². The molecule has 38 heavy (non-hydrogen) atoms. The molecule has 3 atom stereocenters. The van der Waals surface area contributed by atoms with Gasteiger partial charge in [0, 0.05) is 5.92 Å². The second kappa shape index (κ2) is 12.5. The Morgan fingerprint density at radius 3 is 1.95 bits per heavy atom. The predicted octanol–water partition coefficient (Wildman–Crippen LogP) is 5.81. The Hall–Kier alpha value is -3.35. The van der Waals surface area contributed by atoms with Crippen LogP contribution in [-0.2, 0) is 19.1 Å². The lowest BCUT2D eigenvalue weighted by Crippen LogP contribution is -2.55. The molecule has 206 valence electrons. The highest BCUT2D eigenvalue weighted by atomic mass is 16.6. The van der Waals surface area contributed by atoms with Crippen LogP contribution in [0.2, 0.25) is 0 Å². The maximum absolute atomic E-state index is 13.3. The second-order valence-electron chi connectivity index (χ2n) is 11.6. The molecule has 3 rings (SSSR count). The van der Waals surface area contributed by atoms with Gasteiger partial charge in [0.25, 0.3) is 0 Å². The standard InChI is InChI=1S/C31H42N2O5/c1-8-20(4)27(28(34)32-26(17-19(2)3)29(35)38-31(5,6)7)33-30(36)37-18-25-23-15-11-9-13-21(23)22-14-10-12-16-24(22)25/h9-16,19-20,25-27H,8,17-18H2,1-7H3,(H,32,34)(H,33,36)/t20-,26-,27-/m0/s1. The van der Waals surface area contributed by atoms with Crippen LogP contribution in [0, 0.1) is 11.8 Å². The number of hydrogen-bond donors (Lipinski definition) is 2. The van der Waals surface area contributed by atoms with Gasteiger partial charge >= 0.3 is 12.1 Å². The van der Waals surface area contributed by atoms with Crippen LogP contribution >= 0.6 is 0 Å². The molecule has 0 saturated heterocycles. The predicted molar refractivity (Wildman–Crippen MR) is 149 cm³/mol. The number of carbonyl (C=O) groups excluding carboxylic acids is 3. The monoisotopic (exact) mass is 522 g/mol. The summed E-state index contributed by atoms with van der Waals surface area (Å²) in [6.07, 6.45) is 0.423. The van der Waals surface area contributed by atoms with E-state index in [0.717, 1.165) is 22.3 Å². The number of alkyl carbamates (subject to hydrolysis) is 1. The lowest BCUT2D eigenvalue weighted by Gasteiger charge is -2.28. The average Bonchev–Trinajstić information content (AvgIpc) is 3.17. The summed E-state index contributed by atoms with van der Waals surface area (Å²) in [5.74, 6) is -1.00. The van der Waals surface area contributed by atoms with Gasteiger partial charge in [-0.1, -0.05) is 82.6 Å². The molecule has 0 radical (unpaired) electrons. The normalized spacial score (nSPS) is 15.2. The first-order valence-electron chi connectivity index (χ1n) is 13.6.